The molecule has 1 saturated heterocycles. The normalized spacial score (nSPS) is 20.8. The van der Waals surface area contributed by atoms with E-state index in [9.17, 15) is 9.59 Å². The molecular formula is C16H24ClN3O2. The van der Waals surface area contributed by atoms with Crippen molar-refractivity contribution in [3.8, 4) is 0 Å². The Hall–Kier alpha value is -1.59. The van der Waals surface area contributed by atoms with Crippen molar-refractivity contribution >= 4 is 24.2 Å². The van der Waals surface area contributed by atoms with Crippen LogP contribution in [-0.4, -0.2) is 35.8 Å². The van der Waals surface area contributed by atoms with Gasteiger partial charge in [0.25, 0.3) is 0 Å². The average molecular weight is 326 g/mol. The molecule has 22 heavy (non-hydrogen) atoms. The SMILES string of the molecule is C[C@H]1C[C@@H](C(=O)N(CC(N)=O)Cc2ccccc2)CCN1.Cl. The minimum atomic E-state index is -0.471. The first-order valence-corrected chi connectivity index (χ1v) is 7.40. The summed E-state index contributed by atoms with van der Waals surface area (Å²) in [6, 6.07) is 10.0. The summed E-state index contributed by atoms with van der Waals surface area (Å²) >= 11 is 0. The lowest BCUT2D eigenvalue weighted by Crippen LogP contribution is -2.46. The van der Waals surface area contributed by atoms with Crippen LogP contribution in [0.3, 0.4) is 0 Å². The first-order valence-electron chi connectivity index (χ1n) is 7.40. The lowest BCUT2D eigenvalue weighted by atomic mass is 9.92. The van der Waals surface area contributed by atoms with E-state index in [1.807, 2.05) is 30.3 Å². The third-order valence-electron chi connectivity index (χ3n) is 3.85. The minimum absolute atomic E-state index is 0. The summed E-state index contributed by atoms with van der Waals surface area (Å²) in [5, 5.41) is 3.33. The lowest BCUT2D eigenvalue weighted by Gasteiger charge is -2.31. The zero-order valence-corrected chi connectivity index (χ0v) is 13.6. The van der Waals surface area contributed by atoms with Crippen molar-refractivity contribution in [3.05, 3.63) is 35.9 Å². The highest BCUT2D eigenvalue weighted by molar-refractivity contribution is 5.85. The van der Waals surface area contributed by atoms with E-state index in [2.05, 4.69) is 12.2 Å². The van der Waals surface area contributed by atoms with E-state index in [-0.39, 0.29) is 30.8 Å². The van der Waals surface area contributed by atoms with Gasteiger partial charge in [0.1, 0.15) is 0 Å². The molecule has 5 nitrogen and oxygen atoms in total. The highest BCUT2D eigenvalue weighted by Gasteiger charge is 2.29. The van der Waals surface area contributed by atoms with Gasteiger partial charge in [-0.2, -0.15) is 0 Å². The first-order chi connectivity index (χ1) is 10.1. The molecule has 2 amide bonds. The number of halogens is 1. The van der Waals surface area contributed by atoms with Crippen molar-refractivity contribution in [2.24, 2.45) is 11.7 Å². The summed E-state index contributed by atoms with van der Waals surface area (Å²) in [4.78, 5) is 25.5. The third-order valence-corrected chi connectivity index (χ3v) is 3.85. The quantitative estimate of drug-likeness (QED) is 0.857. The highest BCUT2D eigenvalue weighted by atomic mass is 35.5. The van der Waals surface area contributed by atoms with Gasteiger partial charge >= 0.3 is 0 Å². The van der Waals surface area contributed by atoms with Crippen LogP contribution in [0.2, 0.25) is 0 Å². The van der Waals surface area contributed by atoms with E-state index in [0.29, 0.717) is 12.6 Å². The Balaban J connectivity index is 0.00000242. The predicted octanol–water partition coefficient (Wildman–Crippen LogP) is 1.31. The molecule has 0 aliphatic carbocycles. The molecule has 0 aromatic heterocycles. The van der Waals surface area contributed by atoms with E-state index in [4.69, 9.17) is 5.73 Å². The molecule has 0 spiro atoms. The number of piperidine rings is 1. The fraction of sp³-hybridized carbons (Fsp3) is 0.500. The molecule has 0 bridgehead atoms. The van der Waals surface area contributed by atoms with E-state index in [1.165, 1.54) is 0 Å². The summed E-state index contributed by atoms with van der Waals surface area (Å²) in [7, 11) is 0. The van der Waals surface area contributed by atoms with Gasteiger partial charge in [0.2, 0.25) is 11.8 Å². The molecule has 0 radical (unpaired) electrons. The second-order valence-corrected chi connectivity index (χ2v) is 5.72. The molecule has 1 aliphatic heterocycles. The zero-order chi connectivity index (χ0) is 15.2. The Labute approximate surface area is 137 Å². The van der Waals surface area contributed by atoms with Crippen LogP contribution in [0, 0.1) is 5.92 Å². The number of carbonyl (C=O) groups is 2. The maximum atomic E-state index is 12.7. The van der Waals surface area contributed by atoms with E-state index >= 15 is 0 Å². The van der Waals surface area contributed by atoms with Crippen LogP contribution in [-0.2, 0) is 16.1 Å². The van der Waals surface area contributed by atoms with Gasteiger partial charge in [0.15, 0.2) is 0 Å². The van der Waals surface area contributed by atoms with Crippen LogP contribution < -0.4 is 11.1 Å². The molecule has 2 rings (SSSR count). The van der Waals surface area contributed by atoms with Gasteiger partial charge < -0.3 is 16.0 Å². The van der Waals surface area contributed by atoms with Gasteiger partial charge in [0.05, 0.1) is 6.54 Å². The summed E-state index contributed by atoms with van der Waals surface area (Å²) in [5.74, 6) is -0.462. The number of benzene rings is 1. The number of nitrogens with zero attached hydrogens (tertiary/aromatic N) is 1. The second-order valence-electron chi connectivity index (χ2n) is 5.72. The smallest absolute Gasteiger partial charge is 0.237 e. The van der Waals surface area contributed by atoms with E-state index in [0.717, 1.165) is 24.9 Å². The number of rotatable bonds is 5. The molecule has 122 valence electrons. The molecule has 1 fully saturated rings. The molecular weight excluding hydrogens is 302 g/mol. The molecule has 2 atom stereocenters. The second kappa shape index (κ2) is 8.76. The summed E-state index contributed by atoms with van der Waals surface area (Å²) in [6.07, 6.45) is 1.62. The first kappa shape index (κ1) is 18.5. The van der Waals surface area contributed by atoms with Crippen LogP contribution in [0.1, 0.15) is 25.3 Å². The minimum Gasteiger partial charge on any atom is -0.368 e. The largest absolute Gasteiger partial charge is 0.368 e. The van der Waals surface area contributed by atoms with Crippen molar-refractivity contribution in [2.45, 2.75) is 32.4 Å². The Kier molecular flexibility index (Phi) is 7.35. The number of nitrogens with one attached hydrogen (secondary N) is 1. The van der Waals surface area contributed by atoms with Crippen LogP contribution in [0.25, 0.3) is 0 Å². The number of hydrogen-bond donors (Lipinski definition) is 2. The van der Waals surface area contributed by atoms with Crippen LogP contribution >= 0.6 is 12.4 Å². The number of nitrogens with two attached hydrogens (primary N) is 1. The Morgan fingerprint density at radius 1 is 1.32 bits per heavy atom. The van der Waals surface area contributed by atoms with Gasteiger partial charge in [-0.1, -0.05) is 30.3 Å². The lowest BCUT2D eigenvalue weighted by molar-refractivity contribution is -0.140. The zero-order valence-electron chi connectivity index (χ0n) is 12.8. The fourth-order valence-corrected chi connectivity index (χ4v) is 2.82. The van der Waals surface area contributed by atoms with Crippen molar-refractivity contribution in [1.82, 2.24) is 10.2 Å². The molecule has 1 aromatic rings. The third kappa shape index (κ3) is 5.31. The predicted molar refractivity (Wildman–Crippen MR) is 88.5 cm³/mol. The molecule has 1 heterocycles. The van der Waals surface area contributed by atoms with Crippen LogP contribution in [0.15, 0.2) is 30.3 Å². The molecule has 0 unspecified atom stereocenters. The highest BCUT2D eigenvalue weighted by Crippen LogP contribution is 2.20. The molecule has 1 aromatic carbocycles. The maximum Gasteiger partial charge on any atom is 0.237 e. The van der Waals surface area contributed by atoms with Gasteiger partial charge in [0, 0.05) is 18.5 Å². The number of carbonyl (C=O) groups excluding carboxylic acids is 2. The Bertz CT molecular complexity index is 495. The summed E-state index contributed by atoms with van der Waals surface area (Å²) in [5.41, 5.74) is 6.30. The molecule has 1 aliphatic rings. The van der Waals surface area contributed by atoms with E-state index in [1.54, 1.807) is 4.90 Å². The van der Waals surface area contributed by atoms with Gasteiger partial charge in [-0.05, 0) is 31.9 Å². The maximum absolute atomic E-state index is 12.7. The molecule has 6 heteroatoms. The fourth-order valence-electron chi connectivity index (χ4n) is 2.82. The van der Waals surface area contributed by atoms with Gasteiger partial charge in [-0.3, -0.25) is 9.59 Å². The molecule has 0 saturated carbocycles. The summed E-state index contributed by atoms with van der Waals surface area (Å²) in [6.45, 7) is 3.33. The topological polar surface area (TPSA) is 75.4 Å². The average Bonchev–Trinajstić information content (AvgIpc) is 2.46. The van der Waals surface area contributed by atoms with Crippen molar-refractivity contribution in [2.75, 3.05) is 13.1 Å². The van der Waals surface area contributed by atoms with Gasteiger partial charge in [-0.25, -0.2) is 0 Å². The molecule has 3 N–H and O–H groups in total. The van der Waals surface area contributed by atoms with Crippen molar-refractivity contribution in [3.63, 3.8) is 0 Å². The monoisotopic (exact) mass is 325 g/mol. The number of hydrogen-bond acceptors (Lipinski definition) is 3. The van der Waals surface area contributed by atoms with Gasteiger partial charge in [-0.15, -0.1) is 12.4 Å². The van der Waals surface area contributed by atoms with E-state index < -0.39 is 5.91 Å². The standard InChI is InChI=1S/C16H23N3O2.ClH/c1-12-9-14(7-8-18-12)16(21)19(11-15(17)20)10-13-5-3-2-4-6-13;/h2-6,12,14,18H,7-11H2,1H3,(H2,17,20);1H/t12-,14-;/m0./s1. The Morgan fingerprint density at radius 3 is 2.59 bits per heavy atom. The Morgan fingerprint density at radius 2 is 2.00 bits per heavy atom. The summed E-state index contributed by atoms with van der Waals surface area (Å²) < 4.78 is 0. The van der Waals surface area contributed by atoms with Crippen LogP contribution in [0.5, 0.6) is 0 Å². The number of amides is 2. The van der Waals surface area contributed by atoms with Crippen molar-refractivity contribution < 1.29 is 9.59 Å². The van der Waals surface area contributed by atoms with Crippen molar-refractivity contribution in [1.29, 1.82) is 0 Å². The number of primary amides is 1. The van der Waals surface area contributed by atoms with Crippen LogP contribution in [0.4, 0.5) is 0 Å².